The van der Waals surface area contributed by atoms with Gasteiger partial charge in [-0.25, -0.2) is 4.79 Å². The summed E-state index contributed by atoms with van der Waals surface area (Å²) in [5.74, 6) is -0.234. The van der Waals surface area contributed by atoms with E-state index in [0.29, 0.717) is 12.3 Å². The highest BCUT2D eigenvalue weighted by molar-refractivity contribution is 14.1. The third-order valence-electron chi connectivity index (χ3n) is 2.66. The second-order valence-corrected chi connectivity index (χ2v) is 4.80. The Morgan fingerprint density at radius 2 is 2.27 bits per heavy atom. The van der Waals surface area contributed by atoms with Gasteiger partial charge in [0.25, 0.3) is 0 Å². The molecule has 0 saturated carbocycles. The van der Waals surface area contributed by atoms with Crippen molar-refractivity contribution in [2.24, 2.45) is 0 Å². The smallest absolute Gasteiger partial charge is 0.355 e. The van der Waals surface area contributed by atoms with E-state index in [0.717, 1.165) is 26.5 Å². The first kappa shape index (κ1) is 9.21. The molecule has 0 atom stereocenters. The van der Waals surface area contributed by atoms with Crippen LogP contribution in [0.4, 0.5) is 0 Å². The lowest BCUT2D eigenvalue weighted by molar-refractivity contribution is 0.0475. The number of aromatic nitrogens is 1. The zero-order valence-corrected chi connectivity index (χ0v) is 10.00. The number of aromatic amines is 1. The molecule has 0 radical (unpaired) electrons. The summed E-state index contributed by atoms with van der Waals surface area (Å²) in [5.41, 5.74) is 2.74. The second kappa shape index (κ2) is 3.23. The number of hydrogen-bond donors (Lipinski definition) is 1. The lowest BCUT2D eigenvalue weighted by Crippen LogP contribution is -2.16. The first-order valence-electron chi connectivity index (χ1n) is 4.73. The Hall–Kier alpha value is -1.04. The number of halogens is 1. The van der Waals surface area contributed by atoms with Gasteiger partial charge in [0.05, 0.1) is 6.61 Å². The van der Waals surface area contributed by atoms with Gasteiger partial charge in [-0.2, -0.15) is 0 Å². The number of carbonyl (C=O) groups is 1. The van der Waals surface area contributed by atoms with Crippen molar-refractivity contribution in [1.82, 2.24) is 4.98 Å². The van der Waals surface area contributed by atoms with Crippen LogP contribution in [0, 0.1) is 3.57 Å². The molecule has 15 heavy (non-hydrogen) atoms. The van der Waals surface area contributed by atoms with E-state index < -0.39 is 0 Å². The van der Waals surface area contributed by atoms with Crippen molar-refractivity contribution < 1.29 is 9.53 Å². The molecule has 76 valence electrons. The SMILES string of the molecule is O=C1OCCc2c1[nH]c1cc(I)ccc21. The highest BCUT2D eigenvalue weighted by atomic mass is 127. The molecule has 1 aromatic heterocycles. The van der Waals surface area contributed by atoms with Crippen LogP contribution in [0.5, 0.6) is 0 Å². The van der Waals surface area contributed by atoms with E-state index in [9.17, 15) is 4.79 Å². The Balaban J connectivity index is 2.35. The highest BCUT2D eigenvalue weighted by Gasteiger charge is 2.22. The van der Waals surface area contributed by atoms with Crippen molar-refractivity contribution in [3.63, 3.8) is 0 Å². The average molecular weight is 313 g/mol. The van der Waals surface area contributed by atoms with E-state index in [4.69, 9.17) is 4.74 Å². The van der Waals surface area contributed by atoms with Crippen molar-refractivity contribution in [1.29, 1.82) is 0 Å². The van der Waals surface area contributed by atoms with Gasteiger partial charge in [-0.1, -0.05) is 6.07 Å². The van der Waals surface area contributed by atoms with Gasteiger partial charge in [-0.3, -0.25) is 0 Å². The lowest BCUT2D eigenvalue weighted by Gasteiger charge is -2.11. The number of benzene rings is 1. The van der Waals surface area contributed by atoms with Crippen molar-refractivity contribution in [2.45, 2.75) is 6.42 Å². The summed E-state index contributed by atoms with van der Waals surface area (Å²) in [7, 11) is 0. The highest BCUT2D eigenvalue weighted by Crippen LogP contribution is 2.27. The molecule has 0 bridgehead atoms. The number of H-pyrrole nitrogens is 1. The minimum absolute atomic E-state index is 0.234. The molecule has 0 saturated heterocycles. The maximum Gasteiger partial charge on any atom is 0.355 e. The Labute approximate surface area is 99.9 Å². The van der Waals surface area contributed by atoms with Crippen molar-refractivity contribution in [3.05, 3.63) is 33.0 Å². The molecule has 1 aliphatic heterocycles. The van der Waals surface area contributed by atoms with Gasteiger partial charge in [0, 0.05) is 20.9 Å². The van der Waals surface area contributed by atoms with Crippen molar-refractivity contribution in [2.75, 3.05) is 6.61 Å². The topological polar surface area (TPSA) is 42.1 Å². The third-order valence-corrected chi connectivity index (χ3v) is 3.33. The van der Waals surface area contributed by atoms with Gasteiger partial charge in [-0.15, -0.1) is 0 Å². The van der Waals surface area contributed by atoms with E-state index in [1.54, 1.807) is 0 Å². The Morgan fingerprint density at radius 3 is 3.13 bits per heavy atom. The molecule has 0 spiro atoms. The number of cyclic esters (lactones) is 1. The predicted octanol–water partition coefficient (Wildman–Crippen LogP) is 2.49. The summed E-state index contributed by atoms with van der Waals surface area (Å²) in [6, 6.07) is 6.16. The van der Waals surface area contributed by atoms with E-state index in [-0.39, 0.29) is 5.97 Å². The monoisotopic (exact) mass is 313 g/mol. The van der Waals surface area contributed by atoms with Gasteiger partial charge in [-0.05, 0) is 40.3 Å². The fraction of sp³-hybridized carbons (Fsp3) is 0.182. The predicted molar refractivity (Wildman–Crippen MR) is 65.0 cm³/mol. The van der Waals surface area contributed by atoms with Gasteiger partial charge in [0.2, 0.25) is 0 Å². The van der Waals surface area contributed by atoms with Crippen molar-refractivity contribution >= 4 is 39.5 Å². The van der Waals surface area contributed by atoms with E-state index in [2.05, 4.69) is 39.7 Å². The number of hydrogen-bond acceptors (Lipinski definition) is 2. The summed E-state index contributed by atoms with van der Waals surface area (Å²) in [6.07, 6.45) is 0.807. The minimum atomic E-state index is -0.234. The lowest BCUT2D eigenvalue weighted by atomic mass is 10.1. The molecule has 0 aliphatic carbocycles. The first-order chi connectivity index (χ1) is 7.25. The van der Waals surface area contributed by atoms with Crippen LogP contribution >= 0.6 is 22.6 Å². The molecule has 1 N–H and O–H groups in total. The van der Waals surface area contributed by atoms with Crippen LogP contribution in [0.15, 0.2) is 18.2 Å². The number of fused-ring (bicyclic) bond motifs is 3. The summed E-state index contributed by atoms with van der Waals surface area (Å²) in [4.78, 5) is 14.6. The summed E-state index contributed by atoms with van der Waals surface area (Å²) in [5, 5.41) is 1.14. The Kier molecular flexibility index (Phi) is 1.98. The molecule has 2 aromatic rings. The number of nitrogens with one attached hydrogen (secondary N) is 1. The van der Waals surface area contributed by atoms with Gasteiger partial charge in [0.1, 0.15) is 5.69 Å². The molecular formula is C11H8INO2. The molecule has 0 fully saturated rings. The van der Waals surface area contributed by atoms with Gasteiger partial charge >= 0.3 is 5.97 Å². The van der Waals surface area contributed by atoms with Crippen LogP contribution < -0.4 is 0 Å². The quantitative estimate of drug-likeness (QED) is 0.600. The maximum absolute atomic E-state index is 11.5. The Morgan fingerprint density at radius 1 is 1.40 bits per heavy atom. The average Bonchev–Trinajstić information content (AvgIpc) is 2.57. The molecule has 3 nitrogen and oxygen atoms in total. The zero-order chi connectivity index (χ0) is 10.4. The van der Waals surface area contributed by atoms with E-state index in [1.807, 2.05) is 6.07 Å². The van der Waals surface area contributed by atoms with Gasteiger partial charge in [0.15, 0.2) is 0 Å². The number of carbonyl (C=O) groups excluding carboxylic acids is 1. The van der Waals surface area contributed by atoms with E-state index >= 15 is 0 Å². The fourth-order valence-corrected chi connectivity index (χ4v) is 2.47. The molecule has 1 aromatic carbocycles. The zero-order valence-electron chi connectivity index (χ0n) is 7.84. The normalized spacial score (nSPS) is 15.1. The summed E-state index contributed by atoms with van der Waals surface area (Å²) in [6.45, 7) is 0.491. The largest absolute Gasteiger partial charge is 0.461 e. The number of esters is 1. The fourth-order valence-electron chi connectivity index (χ4n) is 1.98. The molecule has 0 unspecified atom stereocenters. The third kappa shape index (κ3) is 1.35. The summed E-state index contributed by atoms with van der Waals surface area (Å²) >= 11 is 2.26. The standard InChI is InChI=1S/C11H8INO2/c12-6-1-2-7-8-3-4-15-11(14)10(8)13-9(7)5-6/h1-2,5,13H,3-4H2. The number of ether oxygens (including phenoxy) is 1. The molecule has 4 heteroatoms. The van der Waals surface area contributed by atoms with Crippen molar-refractivity contribution in [3.8, 4) is 0 Å². The maximum atomic E-state index is 11.5. The van der Waals surface area contributed by atoms with Crippen LogP contribution in [0.3, 0.4) is 0 Å². The van der Waals surface area contributed by atoms with Crippen LogP contribution in [0.1, 0.15) is 16.1 Å². The van der Waals surface area contributed by atoms with E-state index in [1.165, 1.54) is 0 Å². The van der Waals surface area contributed by atoms with Crippen LogP contribution in [-0.2, 0) is 11.2 Å². The van der Waals surface area contributed by atoms with Crippen LogP contribution in [0.2, 0.25) is 0 Å². The molecular weight excluding hydrogens is 305 g/mol. The first-order valence-corrected chi connectivity index (χ1v) is 5.81. The number of rotatable bonds is 0. The van der Waals surface area contributed by atoms with Crippen LogP contribution in [-0.4, -0.2) is 17.6 Å². The van der Waals surface area contributed by atoms with Crippen LogP contribution in [0.25, 0.3) is 10.9 Å². The molecule has 1 aliphatic rings. The Bertz CT molecular complexity index is 559. The molecule has 2 heterocycles. The van der Waals surface area contributed by atoms with Gasteiger partial charge < -0.3 is 9.72 Å². The second-order valence-electron chi connectivity index (χ2n) is 3.55. The summed E-state index contributed by atoms with van der Waals surface area (Å²) < 4.78 is 6.15. The molecule has 0 amide bonds. The minimum Gasteiger partial charge on any atom is -0.461 e. The molecule has 3 rings (SSSR count).